The zero-order valence-corrected chi connectivity index (χ0v) is 13.6. The highest BCUT2D eigenvalue weighted by Gasteiger charge is 2.54. The number of anilines is 1. The third-order valence-corrected chi connectivity index (χ3v) is 4.38. The van der Waals surface area contributed by atoms with E-state index in [1.165, 1.54) is 4.90 Å². The van der Waals surface area contributed by atoms with Crippen LogP contribution in [0.25, 0.3) is 0 Å². The fourth-order valence-corrected chi connectivity index (χ4v) is 3.11. The highest BCUT2D eigenvalue weighted by atomic mass is 16.5. The highest BCUT2D eigenvalue weighted by molar-refractivity contribution is 6.25. The van der Waals surface area contributed by atoms with Gasteiger partial charge in [-0.1, -0.05) is 35.6 Å². The topological polar surface area (TPSA) is 74.6 Å². The number of nitrogens with zero attached hydrogens (tertiary/aromatic N) is 4. The average Bonchev–Trinajstić information content (AvgIpc) is 3.16. The van der Waals surface area contributed by atoms with Crippen LogP contribution >= 0.6 is 0 Å². The van der Waals surface area contributed by atoms with E-state index in [1.807, 2.05) is 30.3 Å². The van der Waals surface area contributed by atoms with Crippen LogP contribution in [0.15, 0.2) is 64.9 Å². The first-order valence-corrected chi connectivity index (χ1v) is 7.92. The van der Waals surface area contributed by atoms with Gasteiger partial charge >= 0.3 is 0 Å². The first kappa shape index (κ1) is 15.3. The smallest absolute Gasteiger partial charge is 0.263 e. The van der Waals surface area contributed by atoms with Crippen molar-refractivity contribution in [1.29, 1.82) is 0 Å². The maximum atomic E-state index is 12.9. The molecule has 2 amide bonds. The molecular formula is C18H16N4O3. The summed E-state index contributed by atoms with van der Waals surface area (Å²) < 4.78 is 5.11. The van der Waals surface area contributed by atoms with Crippen LogP contribution in [0.3, 0.4) is 0 Å². The number of ether oxygens (including phenoxy) is 1. The molecule has 7 nitrogen and oxygen atoms in total. The third kappa shape index (κ3) is 2.53. The number of imide groups is 1. The SMILES string of the molecule is COc1ccc(N2C(=O)C3N=NN(Cc4ccccc4)C3C2=O)cc1. The Morgan fingerprint density at radius 2 is 1.72 bits per heavy atom. The standard InChI is InChI=1S/C18H16N4O3/c1-25-14-9-7-13(8-10-14)22-17(23)15-16(18(22)24)21(20-19-15)11-12-5-3-2-4-6-12/h2-10,15-16H,11H2,1H3. The van der Waals surface area contributed by atoms with Crippen LogP contribution in [-0.4, -0.2) is 36.0 Å². The van der Waals surface area contributed by atoms with Crippen molar-refractivity contribution in [3.05, 3.63) is 60.2 Å². The molecule has 25 heavy (non-hydrogen) atoms. The van der Waals surface area contributed by atoms with E-state index in [0.717, 1.165) is 5.56 Å². The molecule has 4 rings (SSSR count). The molecule has 0 bridgehead atoms. The summed E-state index contributed by atoms with van der Waals surface area (Å²) in [6.07, 6.45) is 0. The Morgan fingerprint density at radius 1 is 1.00 bits per heavy atom. The van der Waals surface area contributed by atoms with Gasteiger partial charge in [-0.15, -0.1) is 0 Å². The predicted molar refractivity (Wildman–Crippen MR) is 89.9 cm³/mol. The van der Waals surface area contributed by atoms with Crippen LogP contribution < -0.4 is 9.64 Å². The van der Waals surface area contributed by atoms with Crippen LogP contribution in [0.4, 0.5) is 5.69 Å². The zero-order chi connectivity index (χ0) is 17.4. The molecule has 1 fully saturated rings. The first-order valence-electron chi connectivity index (χ1n) is 7.92. The normalized spacial score (nSPS) is 21.8. The zero-order valence-electron chi connectivity index (χ0n) is 13.6. The van der Waals surface area contributed by atoms with Gasteiger partial charge in [0.2, 0.25) is 0 Å². The number of amides is 2. The van der Waals surface area contributed by atoms with Gasteiger partial charge in [-0.2, -0.15) is 5.11 Å². The van der Waals surface area contributed by atoms with Gasteiger partial charge in [-0.25, -0.2) is 4.90 Å². The van der Waals surface area contributed by atoms with Crippen molar-refractivity contribution in [2.24, 2.45) is 10.3 Å². The van der Waals surface area contributed by atoms with Gasteiger partial charge in [0.1, 0.15) is 5.75 Å². The second kappa shape index (κ2) is 6.01. The Labute approximate surface area is 144 Å². The molecule has 0 aromatic heterocycles. The molecule has 7 heteroatoms. The number of carbonyl (C=O) groups is 2. The Kier molecular flexibility index (Phi) is 3.68. The number of hydrogen-bond donors (Lipinski definition) is 0. The molecular weight excluding hydrogens is 320 g/mol. The fourth-order valence-electron chi connectivity index (χ4n) is 3.11. The number of carbonyl (C=O) groups excluding carboxylic acids is 2. The maximum absolute atomic E-state index is 12.9. The quantitative estimate of drug-likeness (QED) is 0.802. The molecule has 0 aliphatic carbocycles. The second-order valence-electron chi connectivity index (χ2n) is 5.89. The molecule has 2 aliphatic heterocycles. The van der Waals surface area contributed by atoms with E-state index in [0.29, 0.717) is 18.0 Å². The lowest BCUT2D eigenvalue weighted by Gasteiger charge is -2.20. The van der Waals surface area contributed by atoms with Gasteiger partial charge in [-0.05, 0) is 29.8 Å². The fraction of sp³-hybridized carbons (Fsp3) is 0.222. The molecule has 1 saturated heterocycles. The molecule has 2 heterocycles. The minimum absolute atomic E-state index is 0.305. The van der Waals surface area contributed by atoms with Gasteiger partial charge < -0.3 is 4.74 Å². The van der Waals surface area contributed by atoms with Gasteiger partial charge in [0.15, 0.2) is 12.1 Å². The van der Waals surface area contributed by atoms with Crippen molar-refractivity contribution >= 4 is 17.5 Å². The van der Waals surface area contributed by atoms with E-state index < -0.39 is 12.1 Å². The molecule has 2 atom stereocenters. The average molecular weight is 336 g/mol. The van der Waals surface area contributed by atoms with Gasteiger partial charge in [0.25, 0.3) is 11.8 Å². The lowest BCUT2D eigenvalue weighted by molar-refractivity contribution is -0.123. The summed E-state index contributed by atoms with van der Waals surface area (Å²) >= 11 is 0. The van der Waals surface area contributed by atoms with E-state index in [1.54, 1.807) is 36.4 Å². The molecule has 0 radical (unpaired) electrons. The summed E-state index contributed by atoms with van der Waals surface area (Å²) in [7, 11) is 1.56. The first-order chi connectivity index (χ1) is 12.2. The van der Waals surface area contributed by atoms with E-state index >= 15 is 0 Å². The van der Waals surface area contributed by atoms with Crippen LogP contribution in [0.5, 0.6) is 5.75 Å². The summed E-state index contributed by atoms with van der Waals surface area (Å²) in [5, 5.41) is 9.66. The molecule has 2 unspecified atom stereocenters. The second-order valence-corrected chi connectivity index (χ2v) is 5.89. The monoisotopic (exact) mass is 336 g/mol. The molecule has 0 spiro atoms. The molecule has 2 aromatic rings. The van der Waals surface area contributed by atoms with E-state index in [4.69, 9.17) is 4.74 Å². The van der Waals surface area contributed by atoms with Crippen LogP contribution in [0, 0.1) is 0 Å². The number of benzene rings is 2. The molecule has 2 aliphatic rings. The maximum Gasteiger partial charge on any atom is 0.263 e. The largest absolute Gasteiger partial charge is 0.497 e. The lowest BCUT2D eigenvalue weighted by atomic mass is 10.1. The Balaban J connectivity index is 1.59. The predicted octanol–water partition coefficient (Wildman–Crippen LogP) is 2.19. The number of methoxy groups -OCH3 is 1. The highest BCUT2D eigenvalue weighted by Crippen LogP contribution is 2.33. The van der Waals surface area contributed by atoms with E-state index in [2.05, 4.69) is 10.3 Å². The minimum atomic E-state index is -0.779. The van der Waals surface area contributed by atoms with Crippen molar-refractivity contribution in [2.75, 3.05) is 12.0 Å². The van der Waals surface area contributed by atoms with Crippen molar-refractivity contribution in [2.45, 2.75) is 18.6 Å². The van der Waals surface area contributed by atoms with Crippen molar-refractivity contribution < 1.29 is 14.3 Å². The molecule has 0 saturated carbocycles. The van der Waals surface area contributed by atoms with E-state index in [-0.39, 0.29) is 11.8 Å². The lowest BCUT2D eigenvalue weighted by Crippen LogP contribution is -2.39. The van der Waals surface area contributed by atoms with Crippen molar-refractivity contribution in [1.82, 2.24) is 5.01 Å². The third-order valence-electron chi connectivity index (χ3n) is 4.38. The van der Waals surface area contributed by atoms with Gasteiger partial charge in [-0.3, -0.25) is 14.6 Å². The summed E-state index contributed by atoms with van der Waals surface area (Å²) in [6.45, 7) is 0.432. The summed E-state index contributed by atoms with van der Waals surface area (Å²) in [6, 6.07) is 15.0. The Bertz CT molecular complexity index is 835. The number of fused-ring (bicyclic) bond motifs is 1. The summed E-state index contributed by atoms with van der Waals surface area (Å²) in [5.74, 6) is 0.00834. The van der Waals surface area contributed by atoms with Gasteiger partial charge in [0.05, 0.1) is 19.3 Å². The Morgan fingerprint density at radius 3 is 2.40 bits per heavy atom. The minimum Gasteiger partial charge on any atom is -0.497 e. The van der Waals surface area contributed by atoms with Crippen molar-refractivity contribution in [3.8, 4) is 5.75 Å². The molecule has 2 aromatic carbocycles. The van der Waals surface area contributed by atoms with Gasteiger partial charge in [0, 0.05) is 0 Å². The van der Waals surface area contributed by atoms with E-state index in [9.17, 15) is 9.59 Å². The Hall–Kier alpha value is -3.22. The summed E-state index contributed by atoms with van der Waals surface area (Å²) in [5.41, 5.74) is 1.52. The summed E-state index contributed by atoms with van der Waals surface area (Å²) in [4.78, 5) is 26.7. The molecule has 126 valence electrons. The van der Waals surface area contributed by atoms with Crippen LogP contribution in [0.2, 0.25) is 0 Å². The number of hydrogen-bond acceptors (Lipinski definition) is 6. The van der Waals surface area contributed by atoms with Crippen LogP contribution in [-0.2, 0) is 16.1 Å². The molecule has 0 N–H and O–H groups in total. The van der Waals surface area contributed by atoms with Crippen LogP contribution in [0.1, 0.15) is 5.56 Å². The van der Waals surface area contributed by atoms with Crippen molar-refractivity contribution in [3.63, 3.8) is 0 Å². The number of rotatable bonds is 4.